The normalized spacial score (nSPS) is 52.6. The SMILES string of the molecule is O=C[C@H]1NC[C@H]2[C@@H]1C21CC1. The lowest BCUT2D eigenvalue weighted by Gasteiger charge is -2.06. The summed E-state index contributed by atoms with van der Waals surface area (Å²) >= 11 is 0. The third kappa shape index (κ3) is 0.382. The largest absolute Gasteiger partial charge is 0.307 e. The standard InChI is InChI=1S/C8H11NO/c10-4-6-7-5(3-9-6)8(7)1-2-8/h4-7,9H,1-3H2/t5-,6+,7-/m0/s1. The minimum absolute atomic E-state index is 0.215. The maximum atomic E-state index is 10.5. The van der Waals surface area contributed by atoms with Gasteiger partial charge < -0.3 is 10.1 Å². The smallest absolute Gasteiger partial charge is 0.137 e. The minimum atomic E-state index is 0.215. The van der Waals surface area contributed by atoms with Crippen molar-refractivity contribution in [2.45, 2.75) is 18.9 Å². The summed E-state index contributed by atoms with van der Waals surface area (Å²) in [7, 11) is 0. The Hall–Kier alpha value is -0.370. The Morgan fingerprint density at radius 2 is 2.30 bits per heavy atom. The molecule has 0 amide bonds. The van der Waals surface area contributed by atoms with Crippen molar-refractivity contribution < 1.29 is 4.79 Å². The highest BCUT2D eigenvalue weighted by Gasteiger charge is 2.75. The molecule has 1 N–H and O–H groups in total. The first kappa shape index (κ1) is 5.30. The highest BCUT2D eigenvalue weighted by Crippen LogP contribution is 2.77. The van der Waals surface area contributed by atoms with Gasteiger partial charge in [0.2, 0.25) is 0 Å². The lowest BCUT2D eigenvalue weighted by molar-refractivity contribution is -0.109. The van der Waals surface area contributed by atoms with Crippen molar-refractivity contribution >= 4 is 6.29 Å². The third-order valence-electron chi connectivity index (χ3n) is 3.66. The van der Waals surface area contributed by atoms with Crippen LogP contribution in [0.15, 0.2) is 0 Å². The predicted molar refractivity (Wildman–Crippen MR) is 36.5 cm³/mol. The van der Waals surface area contributed by atoms with Crippen molar-refractivity contribution in [2.24, 2.45) is 17.3 Å². The number of fused-ring (bicyclic) bond motifs is 3. The molecule has 3 fully saturated rings. The number of nitrogens with one attached hydrogen (secondary N) is 1. The molecule has 0 aromatic heterocycles. The van der Waals surface area contributed by atoms with Crippen molar-refractivity contribution in [3.63, 3.8) is 0 Å². The summed E-state index contributed by atoms with van der Waals surface area (Å²) in [5.74, 6) is 1.62. The third-order valence-corrected chi connectivity index (χ3v) is 3.66. The zero-order chi connectivity index (χ0) is 6.77. The molecule has 2 saturated carbocycles. The molecule has 1 aliphatic heterocycles. The quantitative estimate of drug-likeness (QED) is 0.522. The van der Waals surface area contributed by atoms with Gasteiger partial charge in [0.05, 0.1) is 6.04 Å². The van der Waals surface area contributed by atoms with Gasteiger partial charge in [0.1, 0.15) is 6.29 Å². The molecule has 1 spiro atoms. The second kappa shape index (κ2) is 1.30. The maximum Gasteiger partial charge on any atom is 0.137 e. The van der Waals surface area contributed by atoms with Gasteiger partial charge in [-0.2, -0.15) is 0 Å². The molecule has 1 heterocycles. The molecule has 1 saturated heterocycles. The van der Waals surface area contributed by atoms with Gasteiger partial charge in [0.25, 0.3) is 0 Å². The number of carbonyl (C=O) groups is 1. The molecule has 54 valence electrons. The molecule has 3 aliphatic rings. The topological polar surface area (TPSA) is 29.1 Å². The van der Waals surface area contributed by atoms with Gasteiger partial charge in [-0.3, -0.25) is 0 Å². The van der Waals surface area contributed by atoms with E-state index in [9.17, 15) is 4.79 Å². The highest BCUT2D eigenvalue weighted by atomic mass is 16.1. The first-order valence-corrected chi connectivity index (χ1v) is 4.07. The lowest BCUT2D eigenvalue weighted by Crippen LogP contribution is -2.29. The van der Waals surface area contributed by atoms with Gasteiger partial charge in [-0.25, -0.2) is 0 Å². The van der Waals surface area contributed by atoms with Crippen LogP contribution in [0.25, 0.3) is 0 Å². The van der Waals surface area contributed by atoms with Crippen molar-refractivity contribution in [1.82, 2.24) is 5.32 Å². The van der Waals surface area contributed by atoms with Crippen LogP contribution in [0.2, 0.25) is 0 Å². The summed E-state index contributed by atoms with van der Waals surface area (Å²) < 4.78 is 0. The summed E-state index contributed by atoms with van der Waals surface area (Å²) in [5, 5.41) is 3.23. The molecule has 0 aromatic rings. The van der Waals surface area contributed by atoms with Crippen LogP contribution < -0.4 is 5.32 Å². The van der Waals surface area contributed by atoms with Crippen LogP contribution in [-0.2, 0) is 4.79 Å². The fourth-order valence-electron chi connectivity index (χ4n) is 2.92. The average Bonchev–Trinajstić information content (AvgIpc) is 2.81. The zero-order valence-electron chi connectivity index (χ0n) is 5.84. The Morgan fingerprint density at radius 1 is 1.50 bits per heavy atom. The summed E-state index contributed by atoms with van der Waals surface area (Å²) in [4.78, 5) is 10.5. The minimum Gasteiger partial charge on any atom is -0.307 e. The molecular weight excluding hydrogens is 126 g/mol. The Bertz CT molecular complexity index is 197. The molecule has 3 rings (SSSR count). The van der Waals surface area contributed by atoms with Gasteiger partial charge in [0.15, 0.2) is 0 Å². The second-order valence-corrected chi connectivity index (χ2v) is 3.94. The van der Waals surface area contributed by atoms with E-state index in [1.165, 1.54) is 12.8 Å². The van der Waals surface area contributed by atoms with Crippen LogP contribution in [-0.4, -0.2) is 18.9 Å². The fourth-order valence-corrected chi connectivity index (χ4v) is 2.92. The molecule has 0 radical (unpaired) electrons. The van der Waals surface area contributed by atoms with E-state index in [1.54, 1.807) is 0 Å². The van der Waals surface area contributed by atoms with E-state index in [2.05, 4.69) is 5.32 Å². The first-order valence-electron chi connectivity index (χ1n) is 4.07. The summed E-state index contributed by atoms with van der Waals surface area (Å²) in [6.45, 7) is 1.11. The van der Waals surface area contributed by atoms with E-state index >= 15 is 0 Å². The molecule has 0 bridgehead atoms. The first-order chi connectivity index (χ1) is 4.88. The number of carbonyl (C=O) groups excluding carboxylic acids is 1. The molecule has 2 nitrogen and oxygen atoms in total. The molecule has 2 aliphatic carbocycles. The lowest BCUT2D eigenvalue weighted by atomic mass is 10.1. The van der Waals surface area contributed by atoms with Gasteiger partial charge in [-0.1, -0.05) is 0 Å². The van der Waals surface area contributed by atoms with Crippen molar-refractivity contribution in [3.05, 3.63) is 0 Å². The van der Waals surface area contributed by atoms with Gasteiger partial charge in [0, 0.05) is 0 Å². The molecule has 10 heavy (non-hydrogen) atoms. The van der Waals surface area contributed by atoms with Gasteiger partial charge in [-0.15, -0.1) is 0 Å². The van der Waals surface area contributed by atoms with Crippen molar-refractivity contribution in [3.8, 4) is 0 Å². The van der Waals surface area contributed by atoms with E-state index in [0.29, 0.717) is 5.41 Å². The molecular formula is C8H11NO. The molecule has 0 unspecified atom stereocenters. The van der Waals surface area contributed by atoms with E-state index in [-0.39, 0.29) is 6.04 Å². The van der Waals surface area contributed by atoms with Crippen LogP contribution >= 0.6 is 0 Å². The van der Waals surface area contributed by atoms with E-state index in [0.717, 1.165) is 24.7 Å². The molecule has 0 aromatic carbocycles. The number of aldehydes is 1. The van der Waals surface area contributed by atoms with Crippen LogP contribution in [0.3, 0.4) is 0 Å². The Morgan fingerprint density at radius 3 is 2.80 bits per heavy atom. The molecule has 3 atom stereocenters. The molecule has 2 heteroatoms. The van der Waals surface area contributed by atoms with Crippen LogP contribution in [0.4, 0.5) is 0 Å². The van der Waals surface area contributed by atoms with E-state index in [4.69, 9.17) is 0 Å². The predicted octanol–water partition coefficient (Wildman–Crippen LogP) is 0.183. The Kier molecular flexibility index (Phi) is 0.691. The maximum absolute atomic E-state index is 10.5. The van der Waals surface area contributed by atoms with E-state index < -0.39 is 0 Å². The van der Waals surface area contributed by atoms with Crippen LogP contribution in [0.5, 0.6) is 0 Å². The number of hydrogen-bond acceptors (Lipinski definition) is 2. The summed E-state index contributed by atoms with van der Waals surface area (Å²) in [6.07, 6.45) is 3.89. The fraction of sp³-hybridized carbons (Fsp3) is 0.875. The van der Waals surface area contributed by atoms with Gasteiger partial charge >= 0.3 is 0 Å². The van der Waals surface area contributed by atoms with Crippen molar-refractivity contribution in [2.75, 3.05) is 6.54 Å². The summed E-state index contributed by atoms with van der Waals surface area (Å²) in [6, 6.07) is 0.215. The zero-order valence-corrected chi connectivity index (χ0v) is 5.84. The van der Waals surface area contributed by atoms with Crippen LogP contribution in [0.1, 0.15) is 12.8 Å². The van der Waals surface area contributed by atoms with E-state index in [1.807, 2.05) is 0 Å². The second-order valence-electron chi connectivity index (χ2n) is 3.94. The summed E-state index contributed by atoms with van der Waals surface area (Å²) in [5.41, 5.74) is 0.691. The van der Waals surface area contributed by atoms with Crippen LogP contribution in [0, 0.1) is 17.3 Å². The van der Waals surface area contributed by atoms with Crippen molar-refractivity contribution in [1.29, 1.82) is 0 Å². The number of piperidine rings is 1. The Balaban J connectivity index is 1.87. The highest BCUT2D eigenvalue weighted by molar-refractivity contribution is 5.62. The average molecular weight is 137 g/mol. The number of hydrogen-bond donors (Lipinski definition) is 1. The monoisotopic (exact) mass is 137 g/mol. The van der Waals surface area contributed by atoms with Gasteiger partial charge in [-0.05, 0) is 36.6 Å². The Labute approximate surface area is 60.0 Å². The number of rotatable bonds is 1.